The number of carbonyl (C=O) groups excluding carboxylic acids is 1. The molecular weight excluding hydrogens is 587 g/mol. The molecule has 212 valence electrons. The number of allylic oxidation sites excluding steroid dienone is 1. The summed E-state index contributed by atoms with van der Waals surface area (Å²) in [5, 5.41) is 0.856. The molecule has 0 aliphatic carbocycles. The molecule has 0 bridgehead atoms. The molecule has 2 aromatic carbocycles. The fraction of sp³-hybridized carbons (Fsp3) is 0.233. The van der Waals surface area contributed by atoms with E-state index in [2.05, 4.69) is 4.99 Å². The molecule has 41 heavy (non-hydrogen) atoms. The number of halogens is 2. The zero-order chi connectivity index (χ0) is 29.3. The number of methoxy groups -OCH3 is 1. The van der Waals surface area contributed by atoms with Crippen LogP contribution in [0.4, 0.5) is 0 Å². The summed E-state index contributed by atoms with van der Waals surface area (Å²) in [5.41, 5.74) is 1.82. The molecule has 0 amide bonds. The van der Waals surface area contributed by atoms with Crippen LogP contribution in [-0.4, -0.2) is 30.9 Å². The van der Waals surface area contributed by atoms with Crippen molar-refractivity contribution in [2.45, 2.75) is 26.8 Å². The van der Waals surface area contributed by atoms with Crippen molar-refractivity contribution < 1.29 is 23.4 Å². The minimum atomic E-state index is -0.791. The van der Waals surface area contributed by atoms with Crippen LogP contribution in [0.15, 0.2) is 74.0 Å². The zero-order valence-corrected chi connectivity index (χ0v) is 25.0. The highest BCUT2D eigenvalue weighted by atomic mass is 35.5. The number of nitrogens with zero attached hydrogens (tertiary/aromatic N) is 2. The number of fused-ring (bicyclic) bond motifs is 1. The summed E-state index contributed by atoms with van der Waals surface area (Å²) in [4.78, 5) is 32.1. The van der Waals surface area contributed by atoms with Gasteiger partial charge in [0.2, 0.25) is 0 Å². The fourth-order valence-electron chi connectivity index (χ4n) is 4.60. The third-order valence-electron chi connectivity index (χ3n) is 6.42. The fourth-order valence-corrected chi connectivity index (χ4v) is 5.93. The highest BCUT2D eigenvalue weighted by Crippen LogP contribution is 2.36. The lowest BCUT2D eigenvalue weighted by atomic mass is 9.95. The van der Waals surface area contributed by atoms with Crippen molar-refractivity contribution in [2.24, 2.45) is 4.99 Å². The molecule has 5 rings (SSSR count). The Kier molecular flexibility index (Phi) is 8.40. The van der Waals surface area contributed by atoms with E-state index in [0.717, 1.165) is 5.56 Å². The maximum absolute atomic E-state index is 13.9. The Morgan fingerprint density at radius 1 is 1.07 bits per heavy atom. The molecule has 0 saturated carbocycles. The van der Waals surface area contributed by atoms with Gasteiger partial charge in [0.15, 0.2) is 16.3 Å². The van der Waals surface area contributed by atoms with E-state index in [1.807, 2.05) is 6.92 Å². The van der Waals surface area contributed by atoms with E-state index < -0.39 is 12.0 Å². The van der Waals surface area contributed by atoms with E-state index in [9.17, 15) is 9.59 Å². The topological polar surface area (TPSA) is 92.3 Å². The largest absolute Gasteiger partial charge is 0.493 e. The van der Waals surface area contributed by atoms with Crippen molar-refractivity contribution in [3.63, 3.8) is 0 Å². The number of thiazole rings is 1. The van der Waals surface area contributed by atoms with Gasteiger partial charge >= 0.3 is 5.97 Å². The summed E-state index contributed by atoms with van der Waals surface area (Å²) >= 11 is 13.4. The van der Waals surface area contributed by atoms with Crippen LogP contribution in [0, 0.1) is 0 Å². The Morgan fingerprint density at radius 3 is 2.59 bits per heavy atom. The first-order valence-electron chi connectivity index (χ1n) is 12.8. The number of carbonyl (C=O) groups is 1. The van der Waals surface area contributed by atoms with Gasteiger partial charge in [-0.1, -0.05) is 40.6 Å². The predicted octanol–water partition coefficient (Wildman–Crippen LogP) is 5.77. The number of furan rings is 1. The second kappa shape index (κ2) is 12.0. The van der Waals surface area contributed by atoms with Gasteiger partial charge in [-0.3, -0.25) is 9.36 Å². The molecule has 2 aromatic heterocycles. The van der Waals surface area contributed by atoms with E-state index in [0.29, 0.717) is 60.3 Å². The molecule has 4 aromatic rings. The van der Waals surface area contributed by atoms with Gasteiger partial charge in [0.25, 0.3) is 5.56 Å². The number of benzene rings is 2. The quantitative estimate of drug-likeness (QED) is 0.234. The lowest BCUT2D eigenvalue weighted by molar-refractivity contribution is -0.139. The zero-order valence-electron chi connectivity index (χ0n) is 22.7. The summed E-state index contributed by atoms with van der Waals surface area (Å²) in [6, 6.07) is 13.3. The second-order valence-electron chi connectivity index (χ2n) is 8.98. The van der Waals surface area contributed by atoms with Crippen molar-refractivity contribution in [1.29, 1.82) is 0 Å². The standard InChI is InChI=1S/C30H26Cl2N2O6S/c1-5-38-24-14-18(8-11-23(24)37-4)27-26(29(36)39-6-2)16(3)33-30-34(27)28(35)25(41-30)15-19-9-12-22(40-19)17-7-10-20(31)21(32)13-17/h7-15,27H,5-6H2,1-4H3/b25-15-/t27-/m1/s1. The smallest absolute Gasteiger partial charge is 0.338 e. The van der Waals surface area contributed by atoms with Gasteiger partial charge in [-0.25, -0.2) is 9.79 Å². The van der Waals surface area contributed by atoms with Gasteiger partial charge in [-0.15, -0.1) is 0 Å². The van der Waals surface area contributed by atoms with Gasteiger partial charge in [0, 0.05) is 11.6 Å². The first kappa shape index (κ1) is 28.7. The average Bonchev–Trinajstić information content (AvgIpc) is 3.54. The molecule has 1 aliphatic heterocycles. The van der Waals surface area contributed by atoms with Crippen LogP contribution >= 0.6 is 34.5 Å². The number of ether oxygens (including phenoxy) is 3. The number of hydrogen-bond acceptors (Lipinski definition) is 8. The minimum Gasteiger partial charge on any atom is -0.493 e. The second-order valence-corrected chi connectivity index (χ2v) is 10.8. The summed E-state index contributed by atoms with van der Waals surface area (Å²) in [6.45, 7) is 5.92. The summed E-state index contributed by atoms with van der Waals surface area (Å²) in [5.74, 6) is 1.54. The van der Waals surface area contributed by atoms with Gasteiger partial charge in [0.1, 0.15) is 11.5 Å². The molecule has 0 fully saturated rings. The molecule has 1 atom stereocenters. The van der Waals surface area contributed by atoms with Crippen molar-refractivity contribution in [1.82, 2.24) is 4.57 Å². The molecule has 8 nitrogen and oxygen atoms in total. The van der Waals surface area contributed by atoms with Crippen LogP contribution in [0.2, 0.25) is 10.0 Å². The molecule has 0 spiro atoms. The van der Waals surface area contributed by atoms with E-state index in [1.54, 1.807) is 75.6 Å². The average molecular weight is 614 g/mol. The molecular formula is C30H26Cl2N2O6S. The molecule has 11 heteroatoms. The Morgan fingerprint density at radius 2 is 1.88 bits per heavy atom. The number of rotatable bonds is 8. The Labute approximate surface area is 249 Å². The monoisotopic (exact) mass is 612 g/mol. The molecule has 0 unspecified atom stereocenters. The van der Waals surface area contributed by atoms with E-state index in [4.69, 9.17) is 41.8 Å². The van der Waals surface area contributed by atoms with Crippen LogP contribution in [0.1, 0.15) is 38.1 Å². The van der Waals surface area contributed by atoms with Crippen LogP contribution in [0.3, 0.4) is 0 Å². The van der Waals surface area contributed by atoms with Gasteiger partial charge in [0.05, 0.1) is 52.2 Å². The molecule has 0 radical (unpaired) electrons. The Balaban J connectivity index is 1.65. The summed E-state index contributed by atoms with van der Waals surface area (Å²) in [6.07, 6.45) is 1.66. The van der Waals surface area contributed by atoms with Gasteiger partial charge < -0.3 is 18.6 Å². The highest BCUT2D eigenvalue weighted by molar-refractivity contribution is 7.07. The minimum absolute atomic E-state index is 0.180. The van der Waals surface area contributed by atoms with Gasteiger partial charge in [-0.05, 0) is 68.8 Å². The number of aromatic nitrogens is 1. The third-order valence-corrected chi connectivity index (χ3v) is 8.15. The van der Waals surface area contributed by atoms with Crippen LogP contribution in [0.5, 0.6) is 11.5 Å². The van der Waals surface area contributed by atoms with Gasteiger partial charge in [-0.2, -0.15) is 0 Å². The van der Waals surface area contributed by atoms with Crippen molar-refractivity contribution >= 4 is 46.6 Å². The number of hydrogen-bond donors (Lipinski definition) is 0. The molecule has 0 N–H and O–H groups in total. The van der Waals surface area contributed by atoms with E-state index in [-0.39, 0.29) is 17.7 Å². The van der Waals surface area contributed by atoms with E-state index in [1.165, 1.54) is 15.9 Å². The third kappa shape index (κ3) is 5.57. The lowest BCUT2D eigenvalue weighted by Crippen LogP contribution is -2.39. The SMILES string of the molecule is CCOC(=O)C1=C(C)N=c2s/c(=C\c3ccc(-c4ccc(Cl)c(Cl)c4)o3)c(=O)n2[C@@H]1c1ccc(OC)c(OCC)c1. The number of esters is 1. The first-order chi connectivity index (χ1) is 19.7. The van der Waals surface area contributed by atoms with Crippen LogP contribution in [-0.2, 0) is 9.53 Å². The molecule has 3 heterocycles. The lowest BCUT2D eigenvalue weighted by Gasteiger charge is -2.25. The first-order valence-corrected chi connectivity index (χ1v) is 14.4. The maximum atomic E-state index is 13.9. The van der Waals surface area contributed by atoms with Crippen molar-refractivity contribution in [3.8, 4) is 22.8 Å². The molecule has 1 aliphatic rings. The van der Waals surface area contributed by atoms with Crippen LogP contribution in [0.25, 0.3) is 17.4 Å². The van der Waals surface area contributed by atoms with Crippen LogP contribution < -0.4 is 24.4 Å². The normalized spacial score (nSPS) is 15.0. The maximum Gasteiger partial charge on any atom is 0.338 e. The summed E-state index contributed by atoms with van der Waals surface area (Å²) in [7, 11) is 1.55. The Hall–Kier alpha value is -3.79. The van der Waals surface area contributed by atoms with Crippen molar-refractivity contribution in [3.05, 3.63) is 101 Å². The van der Waals surface area contributed by atoms with Crippen molar-refractivity contribution in [2.75, 3.05) is 20.3 Å². The Bertz CT molecular complexity index is 1850. The highest BCUT2D eigenvalue weighted by Gasteiger charge is 2.34. The molecule has 0 saturated heterocycles. The summed E-state index contributed by atoms with van der Waals surface area (Å²) < 4.78 is 24.5. The predicted molar refractivity (Wildman–Crippen MR) is 159 cm³/mol. The van der Waals surface area contributed by atoms with E-state index >= 15 is 0 Å².